The van der Waals surface area contributed by atoms with E-state index in [9.17, 15) is 18.0 Å². The van der Waals surface area contributed by atoms with Crippen LogP contribution in [0.15, 0.2) is 54.7 Å². The van der Waals surface area contributed by atoms with E-state index in [2.05, 4.69) is 38.2 Å². The maximum Gasteiger partial charge on any atom is 0.255 e. The van der Waals surface area contributed by atoms with Crippen molar-refractivity contribution in [1.82, 2.24) is 20.5 Å². The van der Waals surface area contributed by atoms with E-state index in [1.807, 2.05) is 24.3 Å². The summed E-state index contributed by atoms with van der Waals surface area (Å²) in [7, 11) is -2.85. The Balaban J connectivity index is 1.36. The molecule has 11 nitrogen and oxygen atoms in total. The number of carbonyl (C=O) groups is 2. The molecule has 36 heavy (non-hydrogen) atoms. The fourth-order valence-electron chi connectivity index (χ4n) is 3.71. The van der Waals surface area contributed by atoms with E-state index in [1.54, 1.807) is 40.6 Å². The average molecular weight is 624 g/mol. The summed E-state index contributed by atoms with van der Waals surface area (Å²) < 4.78 is 27.4. The largest absolute Gasteiger partial charge is 0.325 e. The molecule has 1 atom stereocenters. The lowest BCUT2D eigenvalue weighted by Gasteiger charge is -2.16. The van der Waals surface area contributed by atoms with Gasteiger partial charge in [0, 0.05) is 9.26 Å². The Morgan fingerprint density at radius 1 is 1.11 bits per heavy atom. The molecule has 3 N–H and O–H groups in total. The molecular weight excluding hydrogens is 599 g/mol. The van der Waals surface area contributed by atoms with Gasteiger partial charge in [-0.3, -0.25) is 19.1 Å². The van der Waals surface area contributed by atoms with Crippen molar-refractivity contribution in [3.8, 4) is 0 Å². The normalized spacial score (nSPS) is 13.9. The quantitative estimate of drug-likeness (QED) is 0.0843. The average Bonchev–Trinajstić information content (AvgIpc) is 3.59. The number of hydrogen-bond donors (Lipinski definition) is 4. The number of nitrogens with one attached hydrogen (secondary N) is 2. The Bertz CT molecular complexity index is 1280. The number of amides is 2. The summed E-state index contributed by atoms with van der Waals surface area (Å²) >= 11 is 2.15. The minimum atomic E-state index is -2.85. The number of aromatic nitrogens is 3. The van der Waals surface area contributed by atoms with E-state index < -0.39 is 28.6 Å². The van der Waals surface area contributed by atoms with Gasteiger partial charge < -0.3 is 5.32 Å². The van der Waals surface area contributed by atoms with E-state index in [-0.39, 0.29) is 6.54 Å². The van der Waals surface area contributed by atoms with E-state index in [0.29, 0.717) is 36.0 Å². The second-order valence-corrected chi connectivity index (χ2v) is 10.8. The molecule has 1 aliphatic rings. The second kappa shape index (κ2) is 11.8. The van der Waals surface area contributed by atoms with Gasteiger partial charge in [-0.25, -0.2) is 18.6 Å². The second-order valence-electron chi connectivity index (χ2n) is 8.57. The molecule has 0 spiro atoms. The molecule has 1 unspecified atom stereocenters. The first-order chi connectivity index (χ1) is 17.3. The van der Waals surface area contributed by atoms with E-state index in [1.165, 1.54) is 4.31 Å². The van der Waals surface area contributed by atoms with Gasteiger partial charge in [-0.15, -0.1) is 5.10 Å². The zero-order chi connectivity index (χ0) is 25.7. The third-order valence-corrected chi connectivity index (χ3v) is 7.28. The molecule has 1 heterocycles. The molecule has 190 valence electrons. The molecule has 0 bridgehead atoms. The highest BCUT2D eigenvalue weighted by atomic mass is 127. The van der Waals surface area contributed by atoms with Crippen molar-refractivity contribution in [2.75, 3.05) is 9.62 Å². The zero-order valence-electron chi connectivity index (χ0n) is 19.1. The summed E-state index contributed by atoms with van der Waals surface area (Å²) in [4.78, 5) is 24.4. The highest BCUT2D eigenvalue weighted by molar-refractivity contribution is 14.1. The minimum absolute atomic E-state index is 0.0632. The van der Waals surface area contributed by atoms with E-state index in [4.69, 9.17) is 5.21 Å². The maximum atomic E-state index is 12.6. The number of hydroxylamine groups is 1. The summed E-state index contributed by atoms with van der Waals surface area (Å²) in [6, 6.07) is 14.2. The van der Waals surface area contributed by atoms with Crippen molar-refractivity contribution in [1.29, 1.82) is 0 Å². The third-order valence-electron chi connectivity index (χ3n) is 5.79. The molecule has 1 aromatic heterocycles. The Hall–Kier alpha value is -3.04. The molecule has 1 saturated carbocycles. The van der Waals surface area contributed by atoms with Crippen molar-refractivity contribution in [2.45, 2.75) is 32.4 Å². The van der Waals surface area contributed by atoms with Gasteiger partial charge in [0.2, 0.25) is 16.8 Å². The Labute approximate surface area is 223 Å². The molecular formula is C23H25IN6O5S. The molecule has 2 amide bonds. The molecule has 0 radical (unpaired) electrons. The van der Waals surface area contributed by atoms with Gasteiger partial charge in [0.05, 0.1) is 25.0 Å². The lowest BCUT2D eigenvalue weighted by Crippen LogP contribution is -2.37. The lowest BCUT2D eigenvalue weighted by molar-refractivity contribution is -0.139. The van der Waals surface area contributed by atoms with Crippen molar-refractivity contribution in [3.63, 3.8) is 0 Å². The van der Waals surface area contributed by atoms with Crippen LogP contribution in [0.4, 0.5) is 11.4 Å². The molecule has 0 aliphatic heterocycles. The third kappa shape index (κ3) is 7.01. The van der Waals surface area contributed by atoms with Gasteiger partial charge in [-0.2, -0.15) is 0 Å². The van der Waals surface area contributed by atoms with E-state index in [0.717, 1.165) is 22.0 Å². The van der Waals surface area contributed by atoms with Crippen LogP contribution < -0.4 is 15.1 Å². The minimum Gasteiger partial charge on any atom is -0.325 e. The fraction of sp³-hybridized carbons (Fsp3) is 0.304. The van der Waals surface area contributed by atoms with Crippen molar-refractivity contribution < 1.29 is 23.2 Å². The van der Waals surface area contributed by atoms with Gasteiger partial charge in [-0.1, -0.05) is 30.2 Å². The molecule has 2 aromatic carbocycles. The van der Waals surface area contributed by atoms with Gasteiger partial charge in [-0.05, 0) is 76.9 Å². The Kier molecular flexibility index (Phi) is 8.53. The van der Waals surface area contributed by atoms with Gasteiger partial charge in [0.1, 0.15) is 11.6 Å². The number of carbonyl (C=O) groups excluding carboxylic acids is 2. The van der Waals surface area contributed by atoms with Gasteiger partial charge >= 0.3 is 0 Å². The maximum absolute atomic E-state index is 12.6. The number of anilines is 2. The summed E-state index contributed by atoms with van der Waals surface area (Å²) in [6.07, 6.45) is 4.07. The fourth-order valence-corrected chi connectivity index (χ4v) is 4.65. The van der Waals surface area contributed by atoms with Crippen LogP contribution in [-0.4, -0.2) is 40.4 Å². The van der Waals surface area contributed by atoms with E-state index >= 15 is 0 Å². The lowest BCUT2D eigenvalue weighted by atomic mass is 10.0. The predicted molar refractivity (Wildman–Crippen MR) is 141 cm³/mol. The number of nitrogens with zero attached hydrogens (tertiary/aromatic N) is 4. The molecule has 3 aromatic rings. The molecule has 0 saturated heterocycles. The zero-order valence-corrected chi connectivity index (χ0v) is 22.1. The van der Waals surface area contributed by atoms with Crippen LogP contribution in [0, 0.1) is 15.4 Å². The molecule has 1 aliphatic carbocycles. The summed E-state index contributed by atoms with van der Waals surface area (Å²) in [5.41, 5.74) is 4.05. The van der Waals surface area contributed by atoms with Crippen LogP contribution in [0.1, 0.15) is 30.5 Å². The van der Waals surface area contributed by atoms with Crippen LogP contribution in [0.2, 0.25) is 0 Å². The number of benzene rings is 2. The van der Waals surface area contributed by atoms with Crippen molar-refractivity contribution in [2.24, 2.45) is 11.8 Å². The van der Waals surface area contributed by atoms with Crippen molar-refractivity contribution in [3.05, 3.63) is 69.6 Å². The molecule has 13 heteroatoms. The predicted octanol–water partition coefficient (Wildman–Crippen LogP) is 2.32. The SMILES string of the molecule is O=C(NO)C(CC1CC1)C(=O)Nc1ccc(Cn2cc(CN(c3ccc(I)cc3)[SH](=O)=O)nn2)cc1. The Morgan fingerprint density at radius 3 is 2.42 bits per heavy atom. The number of halogens is 1. The van der Waals surface area contributed by atoms with Gasteiger partial charge in [0.25, 0.3) is 5.91 Å². The first kappa shape index (κ1) is 26.0. The van der Waals surface area contributed by atoms with Gasteiger partial charge in [0.15, 0.2) is 0 Å². The first-order valence-electron chi connectivity index (χ1n) is 11.2. The standard InChI is InChI=1S/C23H25IN6O5S/c24-17-5-9-20(10-6-17)30(36(34)35)14-19-13-29(28-26-19)12-16-3-7-18(8-4-16)25-22(31)21(23(32)27-33)11-15-1-2-15/h3-10,13,15,21,33,36H,1-2,11-12,14H2,(H,25,31)(H,27,32). The summed E-state index contributed by atoms with van der Waals surface area (Å²) in [5.74, 6) is -1.78. The van der Waals surface area contributed by atoms with Crippen molar-refractivity contribution >= 4 is 56.7 Å². The monoisotopic (exact) mass is 624 g/mol. The highest BCUT2D eigenvalue weighted by Gasteiger charge is 2.34. The molecule has 1 fully saturated rings. The van der Waals surface area contributed by atoms with Crippen LogP contribution in [0.3, 0.4) is 0 Å². The smallest absolute Gasteiger partial charge is 0.255 e. The number of rotatable bonds is 11. The summed E-state index contributed by atoms with van der Waals surface area (Å²) in [5, 5.41) is 19.9. The highest BCUT2D eigenvalue weighted by Crippen LogP contribution is 2.35. The molecule has 4 rings (SSSR count). The number of thiol groups is 1. The number of hydrogen-bond acceptors (Lipinski definition) is 7. The first-order valence-corrected chi connectivity index (χ1v) is 13.4. The van der Waals surface area contributed by atoms with Crippen LogP contribution in [0.5, 0.6) is 0 Å². The van der Waals surface area contributed by atoms with Crippen LogP contribution in [0.25, 0.3) is 0 Å². The van der Waals surface area contributed by atoms with Crippen LogP contribution in [-0.2, 0) is 33.6 Å². The van der Waals surface area contributed by atoms with Crippen LogP contribution >= 0.6 is 22.6 Å². The topological polar surface area (TPSA) is 147 Å². The Morgan fingerprint density at radius 2 is 1.81 bits per heavy atom. The summed E-state index contributed by atoms with van der Waals surface area (Å²) in [6.45, 7) is 0.458.